The fourth-order valence-electron chi connectivity index (χ4n) is 3.92. The highest BCUT2D eigenvalue weighted by Gasteiger charge is 2.46. The molecule has 1 fully saturated rings. The van der Waals surface area contributed by atoms with Crippen LogP contribution in [0.25, 0.3) is 0 Å². The van der Waals surface area contributed by atoms with Crippen LogP contribution < -0.4 is 16.0 Å². The quantitative estimate of drug-likeness (QED) is 0.175. The van der Waals surface area contributed by atoms with Crippen LogP contribution in [0.3, 0.4) is 0 Å². The average molecular weight is 496 g/mol. The number of ketones is 2. The van der Waals surface area contributed by atoms with Crippen molar-refractivity contribution in [3.63, 3.8) is 0 Å². The molecule has 3 N–H and O–H groups in total. The second kappa shape index (κ2) is 13.3. The molecule has 0 aliphatic carbocycles. The summed E-state index contributed by atoms with van der Waals surface area (Å²) in [7, 11) is 0. The number of hydrogen-bond acceptors (Lipinski definition) is 6. The van der Waals surface area contributed by atoms with Crippen molar-refractivity contribution in [1.82, 2.24) is 16.0 Å². The van der Waals surface area contributed by atoms with Gasteiger partial charge in [-0.1, -0.05) is 69.3 Å². The minimum absolute atomic E-state index is 0.194. The standard InChI is InChI=1S/C27H33N3O6/c1-5-6-8-13-19(31)14-21(32)28-20(18-11-9-7-10-12-18)15-22(33)29-24(16(2)3)25(34)23-17(4)26(35)30-27(23)36/h5-13,16-17,20,23-24H,14-15H2,1-4H3,(H,28,32)(H,29,33)(H,30,35,36)/b6-5+,13-8+/t17-,20-,23+,24-/m0/s1. The van der Waals surface area contributed by atoms with Crippen molar-refractivity contribution < 1.29 is 28.8 Å². The average Bonchev–Trinajstić information content (AvgIpc) is 3.08. The highest BCUT2D eigenvalue weighted by molar-refractivity contribution is 6.16. The van der Waals surface area contributed by atoms with Crippen LogP contribution in [-0.4, -0.2) is 41.2 Å². The molecule has 0 saturated carbocycles. The number of benzene rings is 1. The van der Waals surface area contributed by atoms with E-state index in [0.29, 0.717) is 5.56 Å². The Morgan fingerprint density at radius 3 is 2.19 bits per heavy atom. The van der Waals surface area contributed by atoms with Crippen LogP contribution in [0.15, 0.2) is 54.6 Å². The molecule has 1 heterocycles. The van der Waals surface area contributed by atoms with Crippen molar-refractivity contribution in [3.05, 3.63) is 60.2 Å². The zero-order valence-corrected chi connectivity index (χ0v) is 20.9. The van der Waals surface area contributed by atoms with Crippen molar-refractivity contribution in [1.29, 1.82) is 0 Å². The molecule has 9 nitrogen and oxygen atoms in total. The molecule has 1 aromatic rings. The highest BCUT2D eigenvalue weighted by Crippen LogP contribution is 2.24. The van der Waals surface area contributed by atoms with Crippen LogP contribution in [0.5, 0.6) is 0 Å². The SMILES string of the molecule is C/C=C/C=C/C(=O)CC(=O)N[C@@H](CC(=O)N[C@H](C(=O)[C@@H]1C(=O)NC(=O)[C@H]1C)C(C)C)c1ccccc1. The lowest BCUT2D eigenvalue weighted by Gasteiger charge is -2.26. The molecule has 192 valence electrons. The number of carbonyl (C=O) groups is 6. The van der Waals surface area contributed by atoms with Crippen molar-refractivity contribution in [3.8, 4) is 0 Å². The maximum Gasteiger partial charge on any atom is 0.238 e. The summed E-state index contributed by atoms with van der Waals surface area (Å²) >= 11 is 0. The fraction of sp³-hybridized carbons (Fsp3) is 0.407. The first kappa shape index (κ1) is 28.4. The van der Waals surface area contributed by atoms with Crippen LogP contribution in [0.4, 0.5) is 0 Å². The number of hydrogen-bond donors (Lipinski definition) is 3. The second-order valence-corrected chi connectivity index (χ2v) is 9.07. The van der Waals surface area contributed by atoms with Gasteiger partial charge in [0.05, 0.1) is 30.8 Å². The molecule has 1 aromatic carbocycles. The first-order chi connectivity index (χ1) is 17.0. The summed E-state index contributed by atoms with van der Waals surface area (Å²) in [5, 5.41) is 7.56. The molecule has 2 rings (SSSR count). The molecule has 9 heteroatoms. The van der Waals surface area contributed by atoms with E-state index in [1.165, 1.54) is 13.0 Å². The molecule has 36 heavy (non-hydrogen) atoms. The van der Waals surface area contributed by atoms with Crippen LogP contribution in [0.1, 0.15) is 52.1 Å². The summed E-state index contributed by atoms with van der Waals surface area (Å²) in [5.74, 6) is -5.50. The van der Waals surface area contributed by atoms with Crippen molar-refractivity contribution >= 4 is 35.2 Å². The van der Waals surface area contributed by atoms with Gasteiger partial charge in [0, 0.05) is 0 Å². The van der Waals surface area contributed by atoms with Gasteiger partial charge >= 0.3 is 0 Å². The summed E-state index contributed by atoms with van der Waals surface area (Å²) in [4.78, 5) is 74.6. The maximum atomic E-state index is 13.1. The minimum atomic E-state index is -1.17. The first-order valence-corrected chi connectivity index (χ1v) is 11.9. The monoisotopic (exact) mass is 495 g/mol. The van der Waals surface area contributed by atoms with E-state index in [2.05, 4.69) is 16.0 Å². The van der Waals surface area contributed by atoms with Gasteiger partial charge in [-0.3, -0.25) is 34.1 Å². The molecule has 1 aliphatic rings. The van der Waals surface area contributed by atoms with E-state index in [1.54, 1.807) is 69.3 Å². The first-order valence-electron chi connectivity index (χ1n) is 11.9. The molecule has 1 saturated heterocycles. The number of allylic oxidation sites excluding steroid dienone is 4. The third-order valence-corrected chi connectivity index (χ3v) is 5.89. The summed E-state index contributed by atoms with van der Waals surface area (Å²) in [6.07, 6.45) is 5.69. The predicted molar refractivity (Wildman–Crippen MR) is 133 cm³/mol. The molecule has 1 aliphatic heterocycles. The van der Waals surface area contributed by atoms with Crippen molar-refractivity contribution in [2.45, 2.75) is 52.6 Å². The predicted octanol–water partition coefficient (Wildman–Crippen LogP) is 1.94. The van der Waals surface area contributed by atoms with Gasteiger partial charge in [-0.05, 0) is 24.5 Å². The van der Waals surface area contributed by atoms with Crippen LogP contribution in [0, 0.1) is 17.8 Å². The molecule has 0 aromatic heterocycles. The summed E-state index contributed by atoms with van der Waals surface area (Å²) in [5.41, 5.74) is 0.653. The van der Waals surface area contributed by atoms with E-state index in [4.69, 9.17) is 0 Å². The maximum absolute atomic E-state index is 13.1. The number of rotatable bonds is 12. The minimum Gasteiger partial charge on any atom is -0.348 e. The third-order valence-electron chi connectivity index (χ3n) is 5.89. The van der Waals surface area contributed by atoms with E-state index in [9.17, 15) is 28.8 Å². The lowest BCUT2D eigenvalue weighted by Crippen LogP contribution is -2.49. The highest BCUT2D eigenvalue weighted by atomic mass is 16.2. The number of imide groups is 1. The molecule has 4 atom stereocenters. The Labute approximate surface area is 210 Å². The Bertz CT molecular complexity index is 1060. The van der Waals surface area contributed by atoms with Crippen LogP contribution >= 0.6 is 0 Å². The Kier molecular flexibility index (Phi) is 10.5. The molecule has 0 bridgehead atoms. The molecular weight excluding hydrogens is 462 g/mol. The van der Waals surface area contributed by atoms with E-state index >= 15 is 0 Å². The van der Waals surface area contributed by atoms with Crippen LogP contribution in [0.2, 0.25) is 0 Å². The normalized spacial score (nSPS) is 19.4. The van der Waals surface area contributed by atoms with Gasteiger partial charge in [0.15, 0.2) is 11.6 Å². The molecule has 0 radical (unpaired) electrons. The smallest absolute Gasteiger partial charge is 0.238 e. The fourth-order valence-corrected chi connectivity index (χ4v) is 3.92. The number of nitrogens with one attached hydrogen (secondary N) is 3. The van der Waals surface area contributed by atoms with E-state index in [1.807, 2.05) is 0 Å². The zero-order chi connectivity index (χ0) is 26.8. The largest absolute Gasteiger partial charge is 0.348 e. The Balaban J connectivity index is 2.13. The van der Waals surface area contributed by atoms with E-state index in [0.717, 1.165) is 0 Å². The molecular formula is C27H33N3O6. The number of Topliss-reactive ketones (excluding diaryl/α,β-unsaturated/α-hetero) is 1. The topological polar surface area (TPSA) is 139 Å². The van der Waals surface area contributed by atoms with Gasteiger partial charge in [0.2, 0.25) is 23.6 Å². The van der Waals surface area contributed by atoms with Gasteiger partial charge < -0.3 is 10.6 Å². The number of carbonyl (C=O) groups excluding carboxylic acids is 6. The summed E-state index contributed by atoms with van der Waals surface area (Å²) in [6, 6.07) is 7.06. The number of amides is 4. The lowest BCUT2D eigenvalue weighted by atomic mass is 9.85. The second-order valence-electron chi connectivity index (χ2n) is 9.07. The van der Waals surface area contributed by atoms with Gasteiger partial charge in [0.1, 0.15) is 5.92 Å². The Morgan fingerprint density at radius 1 is 0.972 bits per heavy atom. The van der Waals surface area contributed by atoms with Gasteiger partial charge in [-0.25, -0.2) is 0 Å². The molecule has 0 unspecified atom stereocenters. The van der Waals surface area contributed by atoms with Gasteiger partial charge in [0.25, 0.3) is 0 Å². The molecule has 0 spiro atoms. The van der Waals surface area contributed by atoms with Gasteiger partial charge in [-0.15, -0.1) is 0 Å². The van der Waals surface area contributed by atoms with Crippen LogP contribution in [-0.2, 0) is 28.8 Å². The Hall–Kier alpha value is -3.88. The molecule has 4 amide bonds. The zero-order valence-electron chi connectivity index (χ0n) is 20.9. The van der Waals surface area contributed by atoms with E-state index in [-0.39, 0.29) is 24.5 Å². The third kappa shape index (κ3) is 7.83. The summed E-state index contributed by atoms with van der Waals surface area (Å²) < 4.78 is 0. The Morgan fingerprint density at radius 2 is 1.64 bits per heavy atom. The van der Waals surface area contributed by atoms with E-state index < -0.39 is 53.3 Å². The van der Waals surface area contributed by atoms with Crippen molar-refractivity contribution in [2.24, 2.45) is 17.8 Å². The van der Waals surface area contributed by atoms with Crippen molar-refractivity contribution in [2.75, 3.05) is 0 Å². The summed E-state index contributed by atoms with van der Waals surface area (Å²) in [6.45, 7) is 6.76. The lowest BCUT2D eigenvalue weighted by molar-refractivity contribution is -0.137. The van der Waals surface area contributed by atoms with Gasteiger partial charge in [-0.2, -0.15) is 0 Å².